The van der Waals surface area contributed by atoms with Crippen molar-refractivity contribution in [3.05, 3.63) is 75.2 Å². The number of nitrogens with zero attached hydrogens (tertiary/aromatic N) is 1. The summed E-state index contributed by atoms with van der Waals surface area (Å²) in [7, 11) is 1.60. The number of benzene rings is 1. The minimum atomic E-state index is -0.526. The number of carbonyl (C=O) groups is 2. The van der Waals surface area contributed by atoms with E-state index in [2.05, 4.69) is 45.4 Å². The van der Waals surface area contributed by atoms with Gasteiger partial charge in [0, 0.05) is 45.2 Å². The molecule has 6 nitrogen and oxygen atoms in total. The highest BCUT2D eigenvalue weighted by atomic mass is 79.9. The van der Waals surface area contributed by atoms with Crippen LogP contribution in [-0.2, 0) is 9.59 Å². The Labute approximate surface area is 196 Å². The predicted molar refractivity (Wildman–Crippen MR) is 127 cm³/mol. The van der Waals surface area contributed by atoms with Crippen LogP contribution in [0.15, 0.2) is 69.6 Å². The van der Waals surface area contributed by atoms with Crippen molar-refractivity contribution in [2.45, 2.75) is 39.5 Å². The van der Waals surface area contributed by atoms with Gasteiger partial charge in [0.25, 0.3) is 5.91 Å². The minimum Gasteiger partial charge on any atom is -0.496 e. The van der Waals surface area contributed by atoms with Crippen LogP contribution in [0.4, 0.5) is 5.82 Å². The average molecular weight is 496 g/mol. The Kier molecular flexibility index (Phi) is 5.95. The number of hydrogen-bond acceptors (Lipinski definition) is 5. The molecule has 0 saturated heterocycles. The van der Waals surface area contributed by atoms with Gasteiger partial charge in [-0.25, -0.2) is 4.98 Å². The molecule has 1 aliphatic heterocycles. The standard InChI is InChI=1S/C25H26BrN3O3/c1-14-21(24(31)29-20-10-9-15(26)13-27-20)22(16-7-5-6-8-19(16)32-4)23-17(28-14)11-25(2,3)12-18(23)30/h5-10,13,22,28H,11-12H2,1-4H3,(H,27,29,31)/t22-/m1/s1. The molecule has 0 unspecified atom stereocenters. The van der Waals surface area contributed by atoms with Gasteiger partial charge in [0.15, 0.2) is 5.78 Å². The van der Waals surface area contributed by atoms with E-state index in [9.17, 15) is 9.59 Å². The molecule has 7 heteroatoms. The Bertz CT molecular complexity index is 1150. The summed E-state index contributed by atoms with van der Waals surface area (Å²) < 4.78 is 6.44. The predicted octanol–water partition coefficient (Wildman–Crippen LogP) is 5.10. The summed E-state index contributed by atoms with van der Waals surface area (Å²) in [5.74, 6) is 0.308. The van der Waals surface area contributed by atoms with Crippen molar-refractivity contribution in [2.24, 2.45) is 5.41 Å². The summed E-state index contributed by atoms with van der Waals surface area (Å²) in [4.78, 5) is 31.2. The molecule has 2 aromatic rings. The third-order valence-electron chi connectivity index (χ3n) is 5.90. The van der Waals surface area contributed by atoms with Crippen LogP contribution in [0.1, 0.15) is 45.1 Å². The van der Waals surface area contributed by atoms with Crippen molar-refractivity contribution in [2.75, 3.05) is 12.4 Å². The second-order valence-corrected chi connectivity index (χ2v) is 9.90. The molecule has 4 rings (SSSR count). The number of halogens is 1. The maximum atomic E-state index is 13.5. The topological polar surface area (TPSA) is 80.3 Å². The minimum absolute atomic E-state index is 0.0548. The van der Waals surface area contributed by atoms with Gasteiger partial charge >= 0.3 is 0 Å². The maximum Gasteiger partial charge on any atom is 0.255 e. The number of pyridine rings is 1. The molecule has 1 aliphatic carbocycles. The van der Waals surface area contributed by atoms with Crippen LogP contribution in [0, 0.1) is 5.41 Å². The Hall–Kier alpha value is -2.93. The summed E-state index contributed by atoms with van der Waals surface area (Å²) in [6, 6.07) is 11.1. The van der Waals surface area contributed by atoms with Crippen LogP contribution in [0.25, 0.3) is 0 Å². The molecule has 2 heterocycles. The van der Waals surface area contributed by atoms with E-state index in [1.54, 1.807) is 19.4 Å². The number of Topliss-reactive ketones (excluding diaryl/α,β-unsaturated/α-hetero) is 1. The third-order valence-corrected chi connectivity index (χ3v) is 6.37. The van der Waals surface area contributed by atoms with E-state index in [0.29, 0.717) is 29.1 Å². The van der Waals surface area contributed by atoms with Gasteiger partial charge in [-0.2, -0.15) is 0 Å². The van der Waals surface area contributed by atoms with Crippen molar-refractivity contribution in [1.29, 1.82) is 0 Å². The van der Waals surface area contributed by atoms with Crippen molar-refractivity contribution >= 4 is 33.4 Å². The molecular weight excluding hydrogens is 470 g/mol. The lowest BCUT2D eigenvalue weighted by atomic mass is 9.68. The zero-order valence-corrected chi connectivity index (χ0v) is 20.2. The summed E-state index contributed by atoms with van der Waals surface area (Å²) >= 11 is 3.36. The second-order valence-electron chi connectivity index (χ2n) is 8.99. The summed E-state index contributed by atoms with van der Waals surface area (Å²) in [5, 5.41) is 6.27. The van der Waals surface area contributed by atoms with E-state index in [4.69, 9.17) is 4.74 Å². The lowest BCUT2D eigenvalue weighted by molar-refractivity contribution is -0.118. The van der Waals surface area contributed by atoms with E-state index in [0.717, 1.165) is 27.9 Å². The first-order valence-corrected chi connectivity index (χ1v) is 11.3. The number of para-hydroxylation sites is 1. The molecule has 0 fully saturated rings. The molecular formula is C25H26BrN3O3. The number of dihydropyridines is 1. The van der Waals surface area contributed by atoms with E-state index < -0.39 is 5.92 Å². The van der Waals surface area contributed by atoms with Crippen molar-refractivity contribution in [3.63, 3.8) is 0 Å². The Morgan fingerprint density at radius 2 is 1.97 bits per heavy atom. The molecule has 0 radical (unpaired) electrons. The van der Waals surface area contributed by atoms with Gasteiger partial charge in [-0.3, -0.25) is 9.59 Å². The third kappa shape index (κ3) is 4.21. The van der Waals surface area contributed by atoms with E-state index in [1.165, 1.54) is 0 Å². The highest BCUT2D eigenvalue weighted by Crippen LogP contribution is 2.48. The Balaban J connectivity index is 1.83. The zero-order chi connectivity index (χ0) is 23.0. The van der Waals surface area contributed by atoms with Crippen LogP contribution in [0.3, 0.4) is 0 Å². The number of hydrogen-bond donors (Lipinski definition) is 2. The second kappa shape index (κ2) is 8.54. The number of methoxy groups -OCH3 is 1. The molecule has 166 valence electrons. The molecule has 0 spiro atoms. The monoisotopic (exact) mass is 495 g/mol. The van der Waals surface area contributed by atoms with E-state index in [1.807, 2.05) is 37.3 Å². The van der Waals surface area contributed by atoms with Gasteiger partial charge in [-0.05, 0) is 52.9 Å². The number of amides is 1. The van der Waals surface area contributed by atoms with Gasteiger partial charge < -0.3 is 15.4 Å². The maximum absolute atomic E-state index is 13.5. The number of allylic oxidation sites excluding steroid dienone is 3. The first-order valence-electron chi connectivity index (χ1n) is 10.5. The van der Waals surface area contributed by atoms with E-state index in [-0.39, 0.29) is 17.1 Å². The first kappa shape index (κ1) is 22.3. The number of ketones is 1. The largest absolute Gasteiger partial charge is 0.496 e. The molecule has 2 N–H and O–H groups in total. The molecule has 2 aliphatic rings. The van der Waals surface area contributed by atoms with Gasteiger partial charge in [-0.15, -0.1) is 0 Å². The van der Waals surface area contributed by atoms with Crippen molar-refractivity contribution in [3.8, 4) is 5.75 Å². The summed E-state index contributed by atoms with van der Waals surface area (Å²) in [6.45, 7) is 6.06. The Morgan fingerprint density at radius 3 is 2.66 bits per heavy atom. The number of nitrogens with one attached hydrogen (secondary N) is 2. The highest BCUT2D eigenvalue weighted by molar-refractivity contribution is 9.10. The van der Waals surface area contributed by atoms with E-state index >= 15 is 0 Å². The first-order chi connectivity index (χ1) is 15.2. The van der Waals surface area contributed by atoms with Crippen LogP contribution in [-0.4, -0.2) is 23.8 Å². The van der Waals surface area contributed by atoms with Gasteiger partial charge in [0.05, 0.1) is 13.0 Å². The van der Waals surface area contributed by atoms with Crippen LogP contribution < -0.4 is 15.4 Å². The number of ether oxygens (including phenoxy) is 1. The molecule has 0 bridgehead atoms. The summed E-state index contributed by atoms with van der Waals surface area (Å²) in [6.07, 6.45) is 2.79. The molecule has 32 heavy (non-hydrogen) atoms. The zero-order valence-electron chi connectivity index (χ0n) is 18.6. The Morgan fingerprint density at radius 1 is 1.22 bits per heavy atom. The fourth-order valence-electron chi connectivity index (χ4n) is 4.59. The van der Waals surface area contributed by atoms with Gasteiger partial charge in [-0.1, -0.05) is 32.0 Å². The fourth-order valence-corrected chi connectivity index (χ4v) is 4.82. The molecule has 1 atom stereocenters. The van der Waals surface area contributed by atoms with Crippen molar-refractivity contribution in [1.82, 2.24) is 10.3 Å². The molecule has 1 aromatic heterocycles. The number of carbonyl (C=O) groups excluding carboxylic acids is 2. The van der Waals surface area contributed by atoms with Crippen molar-refractivity contribution < 1.29 is 14.3 Å². The number of rotatable bonds is 4. The van der Waals surface area contributed by atoms with Gasteiger partial charge in [0.2, 0.25) is 0 Å². The normalized spacial score (nSPS) is 19.9. The van der Waals surface area contributed by atoms with Crippen LogP contribution in [0.2, 0.25) is 0 Å². The lowest BCUT2D eigenvalue weighted by Gasteiger charge is -2.39. The molecule has 1 aromatic carbocycles. The molecule has 1 amide bonds. The highest BCUT2D eigenvalue weighted by Gasteiger charge is 2.43. The fraction of sp³-hybridized carbons (Fsp3) is 0.320. The molecule has 0 saturated carbocycles. The van der Waals surface area contributed by atoms with Crippen LogP contribution >= 0.6 is 15.9 Å². The SMILES string of the molecule is COc1ccccc1[C@@H]1C(C(=O)Nc2ccc(Br)cn2)=C(C)NC2=C1C(=O)CC(C)(C)C2. The lowest BCUT2D eigenvalue weighted by Crippen LogP contribution is -2.39. The summed E-state index contributed by atoms with van der Waals surface area (Å²) in [5.41, 5.74) is 3.40. The average Bonchev–Trinajstić information content (AvgIpc) is 2.73. The van der Waals surface area contributed by atoms with Gasteiger partial charge in [0.1, 0.15) is 11.6 Å². The number of anilines is 1. The van der Waals surface area contributed by atoms with Crippen LogP contribution in [0.5, 0.6) is 5.75 Å². The quantitative estimate of drug-likeness (QED) is 0.616. The smallest absolute Gasteiger partial charge is 0.255 e. The number of aromatic nitrogens is 1.